The van der Waals surface area contributed by atoms with Crippen LogP contribution in [0.4, 0.5) is 18.9 Å². The summed E-state index contributed by atoms with van der Waals surface area (Å²) in [5.41, 5.74) is 1.28. The number of aromatic nitrogens is 2. The summed E-state index contributed by atoms with van der Waals surface area (Å²) in [6, 6.07) is 9.85. The fourth-order valence-electron chi connectivity index (χ4n) is 3.40. The Kier molecular flexibility index (Phi) is 4.25. The number of methoxy groups -OCH3 is 1. The molecule has 1 aliphatic rings. The maximum absolute atomic E-state index is 12.8. The number of hydrogen-bond acceptors (Lipinski definition) is 4. The molecule has 29 heavy (non-hydrogen) atoms. The van der Waals surface area contributed by atoms with Crippen LogP contribution in [0.2, 0.25) is 0 Å². The molecule has 2 heterocycles. The Morgan fingerprint density at radius 3 is 2.45 bits per heavy atom. The number of rotatable bonds is 3. The summed E-state index contributed by atoms with van der Waals surface area (Å²) < 4.78 is 45.3. The molecule has 1 aromatic heterocycles. The number of benzene rings is 2. The van der Waals surface area contributed by atoms with E-state index < -0.39 is 11.7 Å². The van der Waals surface area contributed by atoms with Crippen LogP contribution in [0, 0.1) is 5.41 Å². The standard InChI is InChI=1S/C20H17F3N4O2/c1-26-15-8-7-13(29-2)9-14(15)25-19(26)17-16(28)10-27(18(17)24)12-5-3-11(4-6-12)20(21,22)23/h3-9,24,28H,10H2,1-2H3. The van der Waals surface area contributed by atoms with Gasteiger partial charge < -0.3 is 19.3 Å². The van der Waals surface area contributed by atoms with E-state index in [2.05, 4.69) is 4.98 Å². The molecule has 0 aliphatic carbocycles. The lowest BCUT2D eigenvalue weighted by Crippen LogP contribution is -2.26. The van der Waals surface area contributed by atoms with E-state index in [-0.39, 0.29) is 23.7 Å². The van der Waals surface area contributed by atoms with Gasteiger partial charge in [0.1, 0.15) is 23.2 Å². The predicted octanol–water partition coefficient (Wildman–Crippen LogP) is 4.37. The third-order valence-corrected chi connectivity index (χ3v) is 4.92. The zero-order valence-electron chi connectivity index (χ0n) is 15.6. The van der Waals surface area contributed by atoms with Gasteiger partial charge in [-0.25, -0.2) is 4.98 Å². The fraction of sp³-hybridized carbons (Fsp3) is 0.200. The van der Waals surface area contributed by atoms with Crippen molar-refractivity contribution in [1.29, 1.82) is 5.41 Å². The van der Waals surface area contributed by atoms with Gasteiger partial charge in [0.2, 0.25) is 0 Å². The quantitative estimate of drug-likeness (QED) is 0.682. The Morgan fingerprint density at radius 2 is 1.83 bits per heavy atom. The summed E-state index contributed by atoms with van der Waals surface area (Å²) in [5.74, 6) is 0.922. The Hall–Kier alpha value is -3.49. The van der Waals surface area contributed by atoms with E-state index in [1.165, 1.54) is 17.0 Å². The van der Waals surface area contributed by atoms with Gasteiger partial charge in [-0.15, -0.1) is 0 Å². The number of amidine groups is 1. The van der Waals surface area contributed by atoms with Crippen LogP contribution in [0.25, 0.3) is 16.6 Å². The van der Waals surface area contributed by atoms with E-state index in [4.69, 9.17) is 10.1 Å². The summed E-state index contributed by atoms with van der Waals surface area (Å²) >= 11 is 0. The average Bonchev–Trinajstić information content (AvgIpc) is 3.16. The van der Waals surface area contributed by atoms with Crippen LogP contribution >= 0.6 is 0 Å². The molecule has 4 rings (SSSR count). The van der Waals surface area contributed by atoms with Gasteiger partial charge in [0.05, 0.1) is 35.8 Å². The second-order valence-corrected chi connectivity index (χ2v) is 6.65. The number of halogens is 3. The molecule has 0 spiro atoms. The molecule has 0 saturated heterocycles. The van der Waals surface area contributed by atoms with Crippen molar-refractivity contribution < 1.29 is 23.0 Å². The number of hydrogen-bond donors (Lipinski definition) is 2. The summed E-state index contributed by atoms with van der Waals surface area (Å²) in [6.45, 7) is -0.0218. The molecule has 6 nitrogen and oxygen atoms in total. The summed E-state index contributed by atoms with van der Waals surface area (Å²) in [7, 11) is 3.32. The number of nitrogens with one attached hydrogen (secondary N) is 1. The average molecular weight is 402 g/mol. The minimum Gasteiger partial charge on any atom is -0.509 e. The molecule has 0 fully saturated rings. The molecule has 150 valence electrons. The monoisotopic (exact) mass is 402 g/mol. The first-order valence-corrected chi connectivity index (χ1v) is 8.67. The predicted molar refractivity (Wildman–Crippen MR) is 103 cm³/mol. The topological polar surface area (TPSA) is 74.4 Å². The molecule has 0 amide bonds. The van der Waals surface area contributed by atoms with Crippen LogP contribution in [0.5, 0.6) is 5.75 Å². The normalized spacial score (nSPS) is 14.9. The van der Waals surface area contributed by atoms with Crippen molar-refractivity contribution in [2.45, 2.75) is 6.18 Å². The smallest absolute Gasteiger partial charge is 0.416 e. The number of anilines is 1. The molecular formula is C20H17F3N4O2. The van der Waals surface area contributed by atoms with Crippen molar-refractivity contribution in [3.8, 4) is 5.75 Å². The number of alkyl halides is 3. The maximum Gasteiger partial charge on any atom is 0.416 e. The Balaban J connectivity index is 1.70. The van der Waals surface area contributed by atoms with Gasteiger partial charge in [0.15, 0.2) is 0 Å². The van der Waals surface area contributed by atoms with E-state index >= 15 is 0 Å². The summed E-state index contributed by atoms with van der Waals surface area (Å²) in [6.07, 6.45) is -4.43. The van der Waals surface area contributed by atoms with Crippen LogP contribution in [0.15, 0.2) is 48.2 Å². The number of nitrogens with zero attached hydrogens (tertiary/aromatic N) is 3. The highest BCUT2D eigenvalue weighted by molar-refractivity contribution is 6.30. The highest BCUT2D eigenvalue weighted by Crippen LogP contribution is 2.35. The largest absolute Gasteiger partial charge is 0.509 e. The zero-order chi connectivity index (χ0) is 20.9. The number of aliphatic hydroxyl groups is 1. The molecule has 0 unspecified atom stereocenters. The minimum absolute atomic E-state index is 0.0218. The molecule has 2 N–H and O–H groups in total. The number of imidazole rings is 1. The first-order chi connectivity index (χ1) is 13.7. The molecule has 0 atom stereocenters. The van der Waals surface area contributed by atoms with Gasteiger partial charge in [0.25, 0.3) is 0 Å². The lowest BCUT2D eigenvalue weighted by Gasteiger charge is -2.19. The molecule has 9 heteroatoms. The van der Waals surface area contributed by atoms with E-state index in [1.54, 1.807) is 30.9 Å². The van der Waals surface area contributed by atoms with Crippen LogP contribution in [0.1, 0.15) is 11.4 Å². The van der Waals surface area contributed by atoms with Crippen molar-refractivity contribution in [2.24, 2.45) is 7.05 Å². The van der Waals surface area contributed by atoms with Gasteiger partial charge >= 0.3 is 6.18 Å². The second kappa shape index (κ2) is 6.54. The van der Waals surface area contributed by atoms with Crippen molar-refractivity contribution in [3.05, 3.63) is 59.6 Å². The third kappa shape index (κ3) is 3.08. The van der Waals surface area contributed by atoms with Crippen molar-refractivity contribution in [2.75, 3.05) is 18.6 Å². The van der Waals surface area contributed by atoms with Crippen LogP contribution < -0.4 is 9.64 Å². The molecule has 2 aromatic carbocycles. The van der Waals surface area contributed by atoms with Gasteiger partial charge in [-0.2, -0.15) is 13.2 Å². The molecule has 3 aromatic rings. The first kappa shape index (κ1) is 18.9. The maximum atomic E-state index is 12.8. The number of fused-ring (bicyclic) bond motifs is 1. The number of aliphatic hydroxyl groups excluding tert-OH is 1. The molecule has 0 bridgehead atoms. The van der Waals surface area contributed by atoms with E-state index in [0.717, 1.165) is 17.6 Å². The van der Waals surface area contributed by atoms with Gasteiger partial charge in [-0.1, -0.05) is 0 Å². The van der Waals surface area contributed by atoms with Gasteiger partial charge in [-0.3, -0.25) is 5.41 Å². The van der Waals surface area contributed by atoms with Crippen LogP contribution in [0.3, 0.4) is 0 Å². The Labute approximate surface area is 164 Å². The molecule has 1 aliphatic heterocycles. The van der Waals surface area contributed by atoms with Crippen LogP contribution in [-0.4, -0.2) is 34.1 Å². The SMILES string of the molecule is COc1ccc2c(c1)nc(C1=C(O)CN(c3ccc(C(F)(F)F)cc3)C1=N)n2C. The highest BCUT2D eigenvalue weighted by Gasteiger charge is 2.34. The lowest BCUT2D eigenvalue weighted by molar-refractivity contribution is -0.137. The zero-order valence-corrected chi connectivity index (χ0v) is 15.6. The van der Waals surface area contributed by atoms with Crippen molar-refractivity contribution >= 4 is 28.1 Å². The Morgan fingerprint density at radius 1 is 1.14 bits per heavy atom. The Bertz CT molecular complexity index is 1150. The molecule has 0 saturated carbocycles. The van der Waals surface area contributed by atoms with E-state index in [1.807, 2.05) is 6.07 Å². The highest BCUT2D eigenvalue weighted by atomic mass is 19.4. The number of ether oxygens (including phenoxy) is 1. The van der Waals surface area contributed by atoms with Crippen molar-refractivity contribution in [1.82, 2.24) is 9.55 Å². The third-order valence-electron chi connectivity index (χ3n) is 4.92. The van der Waals surface area contributed by atoms with Gasteiger partial charge in [0, 0.05) is 18.8 Å². The van der Waals surface area contributed by atoms with E-state index in [9.17, 15) is 18.3 Å². The fourth-order valence-corrected chi connectivity index (χ4v) is 3.40. The van der Waals surface area contributed by atoms with Gasteiger partial charge in [-0.05, 0) is 36.4 Å². The minimum atomic E-state index is -4.43. The molecular weight excluding hydrogens is 385 g/mol. The summed E-state index contributed by atoms with van der Waals surface area (Å²) in [5, 5.41) is 19.0. The van der Waals surface area contributed by atoms with Crippen molar-refractivity contribution in [3.63, 3.8) is 0 Å². The summed E-state index contributed by atoms with van der Waals surface area (Å²) in [4.78, 5) is 5.96. The van der Waals surface area contributed by atoms with Crippen LogP contribution in [-0.2, 0) is 13.2 Å². The number of aryl methyl sites for hydroxylation is 1. The molecule has 0 radical (unpaired) electrons. The van der Waals surface area contributed by atoms with E-state index in [0.29, 0.717) is 22.8 Å². The first-order valence-electron chi connectivity index (χ1n) is 8.67. The second-order valence-electron chi connectivity index (χ2n) is 6.65. The lowest BCUT2D eigenvalue weighted by atomic mass is 10.2.